The number of likely N-dealkylation sites (N-methyl/N-ethyl adjacent to an activating group) is 1. The van der Waals surface area contributed by atoms with Gasteiger partial charge < -0.3 is 4.90 Å². The van der Waals surface area contributed by atoms with Gasteiger partial charge in [0.05, 0.1) is 5.56 Å². The summed E-state index contributed by atoms with van der Waals surface area (Å²) in [5.41, 5.74) is 1.52. The highest BCUT2D eigenvalue weighted by Crippen LogP contribution is 2.40. The molecule has 0 aromatic heterocycles. The zero-order chi connectivity index (χ0) is 22.6. The van der Waals surface area contributed by atoms with Crippen LogP contribution in [0.3, 0.4) is 0 Å². The van der Waals surface area contributed by atoms with E-state index in [1.54, 1.807) is 6.92 Å². The van der Waals surface area contributed by atoms with Crippen LogP contribution in [0, 0.1) is 5.92 Å². The molecule has 0 bridgehead atoms. The van der Waals surface area contributed by atoms with Crippen molar-refractivity contribution >= 4 is 5.78 Å². The van der Waals surface area contributed by atoms with E-state index < -0.39 is 11.7 Å². The molecule has 0 radical (unpaired) electrons. The number of hydrogen-bond acceptors (Lipinski definition) is 2. The van der Waals surface area contributed by atoms with Gasteiger partial charge in [-0.15, -0.1) is 0 Å². The van der Waals surface area contributed by atoms with Crippen LogP contribution in [-0.4, -0.2) is 30.8 Å². The molecule has 1 saturated heterocycles. The number of aryl methyl sites for hydroxylation is 1. The summed E-state index contributed by atoms with van der Waals surface area (Å²) in [5.74, 6) is 0.502. The molecule has 1 fully saturated rings. The molecular formula is C26H32F3NO. The zero-order valence-electron chi connectivity index (χ0n) is 18.6. The minimum atomic E-state index is -4.39. The molecule has 1 aliphatic heterocycles. The number of Topliss-reactive ketones (excluding diaryl/α,β-unsaturated/α-hetero) is 1. The number of piperidine rings is 1. The van der Waals surface area contributed by atoms with E-state index in [4.69, 9.17) is 0 Å². The van der Waals surface area contributed by atoms with Crippen LogP contribution in [-0.2, 0) is 18.0 Å². The molecule has 168 valence electrons. The predicted octanol–water partition coefficient (Wildman–Crippen LogP) is 6.53. The summed E-state index contributed by atoms with van der Waals surface area (Å²) >= 11 is 0. The van der Waals surface area contributed by atoms with Gasteiger partial charge in [-0.2, -0.15) is 13.2 Å². The molecule has 2 nitrogen and oxygen atoms in total. The van der Waals surface area contributed by atoms with E-state index in [0.717, 1.165) is 44.5 Å². The van der Waals surface area contributed by atoms with Gasteiger partial charge in [0.25, 0.3) is 0 Å². The molecule has 5 heteroatoms. The van der Waals surface area contributed by atoms with E-state index in [1.165, 1.54) is 11.6 Å². The Bertz CT molecular complexity index is 881. The summed E-state index contributed by atoms with van der Waals surface area (Å²) in [4.78, 5) is 15.3. The Labute approximate surface area is 183 Å². The van der Waals surface area contributed by atoms with E-state index in [0.29, 0.717) is 29.9 Å². The molecule has 0 aliphatic carbocycles. The van der Waals surface area contributed by atoms with Gasteiger partial charge >= 0.3 is 6.18 Å². The monoisotopic (exact) mass is 431 g/mol. The third-order valence-corrected chi connectivity index (χ3v) is 6.49. The molecule has 3 rings (SSSR count). The minimum absolute atomic E-state index is 0.00167. The van der Waals surface area contributed by atoms with Gasteiger partial charge in [0.1, 0.15) is 0 Å². The molecule has 2 atom stereocenters. The Kier molecular flexibility index (Phi) is 7.25. The van der Waals surface area contributed by atoms with Crippen LogP contribution in [0.25, 0.3) is 0 Å². The van der Waals surface area contributed by atoms with Gasteiger partial charge in [-0.25, -0.2) is 0 Å². The Hall–Kier alpha value is -2.14. The average Bonchev–Trinajstić information content (AvgIpc) is 2.72. The minimum Gasteiger partial charge on any atom is -0.305 e. The first-order valence-electron chi connectivity index (χ1n) is 11.1. The molecule has 0 N–H and O–H groups in total. The van der Waals surface area contributed by atoms with Gasteiger partial charge in [-0.1, -0.05) is 50.2 Å². The summed E-state index contributed by atoms with van der Waals surface area (Å²) in [5, 5.41) is 0. The summed E-state index contributed by atoms with van der Waals surface area (Å²) < 4.78 is 39.1. The second-order valence-corrected chi connectivity index (χ2v) is 9.15. The number of rotatable bonds is 7. The van der Waals surface area contributed by atoms with Crippen molar-refractivity contribution < 1.29 is 18.0 Å². The fourth-order valence-corrected chi connectivity index (χ4v) is 5.29. The largest absolute Gasteiger partial charge is 0.416 e. The second kappa shape index (κ2) is 9.56. The molecule has 1 heterocycles. The second-order valence-electron chi connectivity index (χ2n) is 9.15. The molecular weight excluding hydrogens is 399 g/mol. The van der Waals surface area contributed by atoms with Crippen molar-refractivity contribution in [2.75, 3.05) is 20.1 Å². The summed E-state index contributed by atoms with van der Waals surface area (Å²) in [6.07, 6.45) is -0.947. The summed E-state index contributed by atoms with van der Waals surface area (Å²) in [6, 6.07) is 14.0. The van der Waals surface area contributed by atoms with Gasteiger partial charge in [0, 0.05) is 30.5 Å². The van der Waals surface area contributed by atoms with Crippen LogP contribution < -0.4 is 0 Å². The van der Waals surface area contributed by atoms with Crippen molar-refractivity contribution in [3.05, 3.63) is 70.8 Å². The molecule has 0 unspecified atom stereocenters. The fourth-order valence-electron chi connectivity index (χ4n) is 5.29. The van der Waals surface area contributed by atoms with Crippen LogP contribution in [0.2, 0.25) is 0 Å². The Balaban J connectivity index is 1.75. The lowest BCUT2D eigenvalue weighted by Gasteiger charge is -2.45. The first-order chi connectivity index (χ1) is 14.6. The maximum atomic E-state index is 13.0. The topological polar surface area (TPSA) is 20.3 Å². The lowest BCUT2D eigenvalue weighted by Crippen LogP contribution is -2.47. The van der Waals surface area contributed by atoms with Gasteiger partial charge in [0.2, 0.25) is 0 Å². The maximum Gasteiger partial charge on any atom is 0.416 e. The molecule has 1 aliphatic rings. The highest BCUT2D eigenvalue weighted by molar-refractivity contribution is 5.97. The van der Waals surface area contributed by atoms with Crippen LogP contribution in [0.15, 0.2) is 48.5 Å². The first kappa shape index (κ1) is 23.5. The predicted molar refractivity (Wildman–Crippen MR) is 118 cm³/mol. The molecule has 0 amide bonds. The van der Waals surface area contributed by atoms with Crippen LogP contribution in [0.5, 0.6) is 0 Å². The van der Waals surface area contributed by atoms with Crippen LogP contribution in [0.4, 0.5) is 13.2 Å². The van der Waals surface area contributed by atoms with E-state index in [9.17, 15) is 18.0 Å². The lowest BCUT2D eigenvalue weighted by atomic mass is 9.68. The van der Waals surface area contributed by atoms with Gasteiger partial charge in [0.15, 0.2) is 5.78 Å². The molecule has 0 saturated carbocycles. The smallest absolute Gasteiger partial charge is 0.305 e. The highest BCUT2D eigenvalue weighted by atomic mass is 19.4. The van der Waals surface area contributed by atoms with E-state index in [-0.39, 0.29) is 11.2 Å². The van der Waals surface area contributed by atoms with Gasteiger partial charge in [-0.3, -0.25) is 4.79 Å². The zero-order valence-corrected chi connectivity index (χ0v) is 18.6. The van der Waals surface area contributed by atoms with Crippen LogP contribution >= 0.6 is 0 Å². The molecule has 31 heavy (non-hydrogen) atoms. The van der Waals surface area contributed by atoms with Crippen molar-refractivity contribution in [3.8, 4) is 0 Å². The Morgan fingerprint density at radius 1 is 1.16 bits per heavy atom. The van der Waals surface area contributed by atoms with E-state index in [2.05, 4.69) is 43.1 Å². The third-order valence-electron chi connectivity index (χ3n) is 6.49. The number of hydrogen-bond donors (Lipinski definition) is 0. The SMILES string of the molecule is CCc1cc(C(F)(F)F)ccc1C(=O)CCC[C@@]1(c2ccccc2)C[C@H](C)CN(C)C1. The Morgan fingerprint density at radius 3 is 2.48 bits per heavy atom. The fraction of sp³-hybridized carbons (Fsp3) is 0.500. The average molecular weight is 432 g/mol. The van der Waals surface area contributed by atoms with Crippen molar-refractivity contribution in [2.45, 2.75) is 57.5 Å². The number of benzene rings is 2. The summed E-state index contributed by atoms with van der Waals surface area (Å²) in [7, 11) is 2.15. The van der Waals surface area contributed by atoms with Gasteiger partial charge in [-0.05, 0) is 61.9 Å². The molecule has 2 aromatic carbocycles. The number of nitrogens with zero attached hydrogens (tertiary/aromatic N) is 1. The number of likely N-dealkylation sites (tertiary alicyclic amines) is 1. The first-order valence-corrected chi connectivity index (χ1v) is 11.1. The molecule has 0 spiro atoms. The van der Waals surface area contributed by atoms with Crippen molar-refractivity contribution in [3.63, 3.8) is 0 Å². The Morgan fingerprint density at radius 2 is 1.87 bits per heavy atom. The van der Waals surface area contributed by atoms with E-state index >= 15 is 0 Å². The normalized spacial score (nSPS) is 22.5. The van der Waals surface area contributed by atoms with E-state index in [1.807, 2.05) is 6.07 Å². The number of carbonyl (C=O) groups is 1. The highest BCUT2D eigenvalue weighted by Gasteiger charge is 2.38. The maximum absolute atomic E-state index is 13.0. The quantitative estimate of drug-likeness (QED) is 0.465. The number of alkyl halides is 3. The molecule has 2 aromatic rings. The standard InChI is InChI=1S/C26H32F3NO/c1-4-20-15-22(26(27,28)29)12-13-23(20)24(31)11-8-14-25(21-9-6-5-7-10-21)16-19(2)17-30(3)18-25/h5-7,9-10,12-13,15,19H,4,8,11,14,16-18H2,1-3H3/t19-,25+/m0/s1. The lowest BCUT2D eigenvalue weighted by molar-refractivity contribution is -0.137. The van der Waals surface area contributed by atoms with Crippen LogP contribution in [0.1, 0.15) is 66.6 Å². The number of carbonyl (C=O) groups excluding carboxylic acids is 1. The third kappa shape index (κ3) is 5.57. The number of ketones is 1. The number of halogens is 3. The van der Waals surface area contributed by atoms with Crippen molar-refractivity contribution in [2.24, 2.45) is 5.92 Å². The summed E-state index contributed by atoms with van der Waals surface area (Å²) in [6.45, 7) is 6.08. The van der Waals surface area contributed by atoms with Crippen molar-refractivity contribution in [1.29, 1.82) is 0 Å². The van der Waals surface area contributed by atoms with Crippen molar-refractivity contribution in [1.82, 2.24) is 4.90 Å².